The molecule has 1 aromatic heterocycles. The van der Waals surface area contributed by atoms with Gasteiger partial charge in [-0.2, -0.15) is 5.10 Å². The van der Waals surface area contributed by atoms with Crippen molar-refractivity contribution >= 4 is 7.32 Å². The number of nitrogens with zero attached hydrogens (tertiary/aromatic N) is 2. The van der Waals surface area contributed by atoms with E-state index in [2.05, 4.69) is 23.6 Å². The third-order valence-corrected chi connectivity index (χ3v) is 1.40. The Morgan fingerprint density at radius 1 is 1.62 bits per heavy atom. The summed E-state index contributed by atoms with van der Waals surface area (Å²) in [5, 5.41) is 21.0. The summed E-state index contributed by atoms with van der Waals surface area (Å²) < 4.78 is 6.30. The van der Waals surface area contributed by atoms with Gasteiger partial charge < -0.3 is 14.7 Å². The van der Waals surface area contributed by atoms with Gasteiger partial charge in [-0.05, 0) is 5.92 Å². The molecular weight excluding hydrogens is 171 g/mol. The highest BCUT2D eigenvalue weighted by Gasteiger charge is 2.12. The van der Waals surface area contributed by atoms with Crippen molar-refractivity contribution in [2.75, 3.05) is 0 Å². The van der Waals surface area contributed by atoms with Gasteiger partial charge in [0.1, 0.15) is 5.75 Å². The monoisotopic (exact) mass is 184 g/mol. The average molecular weight is 184 g/mol. The molecule has 1 aromatic rings. The van der Waals surface area contributed by atoms with E-state index >= 15 is 0 Å². The Morgan fingerprint density at radius 3 is 2.85 bits per heavy atom. The molecule has 0 aliphatic carbocycles. The zero-order valence-corrected chi connectivity index (χ0v) is 7.71. The van der Waals surface area contributed by atoms with Crippen molar-refractivity contribution in [2.45, 2.75) is 20.4 Å². The van der Waals surface area contributed by atoms with Gasteiger partial charge in [0, 0.05) is 6.54 Å². The fourth-order valence-electron chi connectivity index (χ4n) is 1.00. The van der Waals surface area contributed by atoms with Crippen LogP contribution in [0.1, 0.15) is 13.8 Å². The topological polar surface area (TPSA) is 67.5 Å². The molecule has 6 heteroatoms. The van der Waals surface area contributed by atoms with Gasteiger partial charge in [0.15, 0.2) is 0 Å². The summed E-state index contributed by atoms with van der Waals surface area (Å²) in [7, 11) is -1.78. The van der Waals surface area contributed by atoms with Crippen LogP contribution in [0.2, 0.25) is 0 Å². The number of hydrogen-bond donors (Lipinski definition) is 2. The van der Waals surface area contributed by atoms with Gasteiger partial charge in [-0.15, -0.1) is 0 Å². The van der Waals surface area contributed by atoms with Crippen molar-refractivity contribution in [3.8, 4) is 5.75 Å². The lowest BCUT2D eigenvalue weighted by atomic mass is 10.2. The van der Waals surface area contributed by atoms with Crippen LogP contribution in [0, 0.1) is 5.92 Å². The van der Waals surface area contributed by atoms with E-state index in [4.69, 9.17) is 10.0 Å². The van der Waals surface area contributed by atoms with E-state index in [1.54, 1.807) is 10.9 Å². The van der Waals surface area contributed by atoms with E-state index < -0.39 is 7.32 Å². The van der Waals surface area contributed by atoms with Crippen molar-refractivity contribution in [1.82, 2.24) is 9.78 Å². The Morgan fingerprint density at radius 2 is 2.31 bits per heavy atom. The molecule has 0 atom stereocenters. The number of aromatic nitrogens is 2. The quantitative estimate of drug-likeness (QED) is 0.640. The molecule has 72 valence electrons. The van der Waals surface area contributed by atoms with Crippen LogP contribution in [0.25, 0.3) is 0 Å². The summed E-state index contributed by atoms with van der Waals surface area (Å²) >= 11 is 0. The summed E-state index contributed by atoms with van der Waals surface area (Å²) in [4.78, 5) is 0. The van der Waals surface area contributed by atoms with Crippen LogP contribution in [0.3, 0.4) is 0 Å². The molecule has 5 nitrogen and oxygen atoms in total. The molecule has 13 heavy (non-hydrogen) atoms. The molecule has 0 saturated heterocycles. The van der Waals surface area contributed by atoms with Crippen LogP contribution in [0.4, 0.5) is 0 Å². The van der Waals surface area contributed by atoms with E-state index in [0.29, 0.717) is 11.7 Å². The Hall–Kier alpha value is -1.01. The molecule has 0 spiro atoms. The summed E-state index contributed by atoms with van der Waals surface area (Å²) in [6.07, 6.45) is 3.07. The second kappa shape index (κ2) is 4.29. The molecule has 0 aromatic carbocycles. The predicted molar refractivity (Wildman–Crippen MR) is 47.9 cm³/mol. The van der Waals surface area contributed by atoms with Crippen molar-refractivity contribution < 1.29 is 14.7 Å². The van der Waals surface area contributed by atoms with Crippen LogP contribution in [-0.2, 0) is 6.54 Å². The smallest absolute Gasteiger partial charge is 0.509 e. The van der Waals surface area contributed by atoms with Crippen molar-refractivity contribution in [3.05, 3.63) is 12.4 Å². The highest BCUT2D eigenvalue weighted by Crippen LogP contribution is 2.09. The number of hydrogen-bond acceptors (Lipinski definition) is 4. The second-order valence-corrected chi connectivity index (χ2v) is 3.24. The Balaban J connectivity index is 2.53. The molecule has 0 unspecified atom stereocenters. The first-order valence-electron chi connectivity index (χ1n) is 4.13. The second-order valence-electron chi connectivity index (χ2n) is 3.24. The van der Waals surface area contributed by atoms with E-state index in [1.165, 1.54) is 6.20 Å². The summed E-state index contributed by atoms with van der Waals surface area (Å²) in [5.74, 6) is 0.849. The van der Waals surface area contributed by atoms with Gasteiger partial charge in [-0.25, -0.2) is 0 Å². The lowest BCUT2D eigenvalue weighted by Crippen LogP contribution is -2.20. The van der Waals surface area contributed by atoms with Gasteiger partial charge in [-0.1, -0.05) is 13.8 Å². The minimum atomic E-state index is -1.78. The molecule has 0 fully saturated rings. The van der Waals surface area contributed by atoms with Crippen molar-refractivity contribution in [2.24, 2.45) is 5.92 Å². The maximum atomic E-state index is 8.49. The summed E-state index contributed by atoms with van der Waals surface area (Å²) in [5.41, 5.74) is 0. The molecule has 0 aliphatic rings. The van der Waals surface area contributed by atoms with E-state index in [-0.39, 0.29) is 0 Å². The maximum absolute atomic E-state index is 8.49. The summed E-state index contributed by atoms with van der Waals surface area (Å²) in [6, 6.07) is 0. The lowest BCUT2D eigenvalue weighted by molar-refractivity contribution is 0.288. The first-order chi connectivity index (χ1) is 6.08. The van der Waals surface area contributed by atoms with Gasteiger partial charge in [0.2, 0.25) is 0 Å². The maximum Gasteiger partial charge on any atom is 0.707 e. The molecule has 0 bridgehead atoms. The highest BCUT2D eigenvalue weighted by molar-refractivity contribution is 6.33. The third kappa shape index (κ3) is 3.48. The van der Waals surface area contributed by atoms with Crippen molar-refractivity contribution in [3.63, 3.8) is 0 Å². The summed E-state index contributed by atoms with van der Waals surface area (Å²) in [6.45, 7) is 4.93. The Bertz CT molecular complexity index is 237. The van der Waals surface area contributed by atoms with Crippen LogP contribution in [-0.4, -0.2) is 27.1 Å². The fourth-order valence-corrected chi connectivity index (χ4v) is 1.00. The zero-order valence-electron chi connectivity index (χ0n) is 7.71. The van der Waals surface area contributed by atoms with Gasteiger partial charge in [0.05, 0.1) is 12.4 Å². The highest BCUT2D eigenvalue weighted by atomic mass is 16.6. The predicted octanol–water partition coefficient (Wildman–Crippen LogP) is -0.113. The Labute approximate surface area is 77.1 Å². The minimum Gasteiger partial charge on any atom is -0.509 e. The van der Waals surface area contributed by atoms with E-state index in [1.807, 2.05) is 0 Å². The van der Waals surface area contributed by atoms with Gasteiger partial charge in [-0.3, -0.25) is 4.68 Å². The van der Waals surface area contributed by atoms with Crippen LogP contribution in [0.5, 0.6) is 5.75 Å². The van der Waals surface area contributed by atoms with Gasteiger partial charge >= 0.3 is 7.32 Å². The minimum absolute atomic E-state index is 0.357. The standard InChI is InChI=1S/C7H13BN2O3/c1-6(2)4-10-5-7(3-9-10)13-8(11)12/h3,5-6,11-12H,4H2,1-2H3. The molecule has 0 aliphatic heterocycles. The molecule has 1 heterocycles. The largest absolute Gasteiger partial charge is 0.707 e. The van der Waals surface area contributed by atoms with Crippen molar-refractivity contribution in [1.29, 1.82) is 0 Å². The number of rotatable bonds is 4. The first kappa shape index (κ1) is 10.1. The van der Waals surface area contributed by atoms with E-state index in [0.717, 1.165) is 6.54 Å². The third-order valence-electron chi connectivity index (χ3n) is 1.40. The lowest BCUT2D eigenvalue weighted by Gasteiger charge is -2.03. The SMILES string of the molecule is CC(C)Cn1cc(OB(O)O)cn1. The molecular formula is C7H13BN2O3. The molecule has 0 radical (unpaired) electrons. The van der Waals surface area contributed by atoms with Gasteiger partial charge in [0.25, 0.3) is 0 Å². The van der Waals surface area contributed by atoms with Crippen LogP contribution in [0.15, 0.2) is 12.4 Å². The van der Waals surface area contributed by atoms with E-state index in [9.17, 15) is 0 Å². The average Bonchev–Trinajstić information content (AvgIpc) is 2.33. The Kier molecular flexibility index (Phi) is 3.33. The van der Waals surface area contributed by atoms with Crippen LogP contribution >= 0.6 is 0 Å². The molecule has 1 rings (SSSR count). The molecule has 0 saturated carbocycles. The fraction of sp³-hybridized carbons (Fsp3) is 0.571. The molecule has 2 N–H and O–H groups in total. The normalized spacial score (nSPS) is 10.5. The van der Waals surface area contributed by atoms with Crippen LogP contribution < -0.4 is 4.65 Å². The first-order valence-corrected chi connectivity index (χ1v) is 4.13. The zero-order chi connectivity index (χ0) is 9.84. The molecule has 0 amide bonds.